The molecule has 2 aromatic rings. The highest BCUT2D eigenvalue weighted by Crippen LogP contribution is 2.34. The summed E-state index contributed by atoms with van der Waals surface area (Å²) in [5.41, 5.74) is 5.33. The fraction of sp³-hybridized carbons (Fsp3) is 0.519. The zero-order valence-corrected chi connectivity index (χ0v) is 18.9. The van der Waals surface area contributed by atoms with E-state index in [2.05, 4.69) is 28.0 Å². The zero-order chi connectivity index (χ0) is 21.9. The van der Waals surface area contributed by atoms with E-state index in [1.54, 1.807) is 12.1 Å². The fourth-order valence-electron chi connectivity index (χ4n) is 5.57. The number of carbonyl (C=O) groups excluding carboxylic acids is 1. The number of carbonyl (C=O) groups is 1. The predicted octanol–water partition coefficient (Wildman–Crippen LogP) is 4.41. The van der Waals surface area contributed by atoms with Crippen LogP contribution in [-0.2, 0) is 24.2 Å². The third kappa shape index (κ3) is 4.83. The van der Waals surface area contributed by atoms with E-state index in [0.29, 0.717) is 18.4 Å². The molecule has 3 aliphatic rings. The molecule has 0 saturated carbocycles. The van der Waals surface area contributed by atoms with Gasteiger partial charge in [-0.05, 0) is 73.4 Å². The minimum atomic E-state index is -0.161. The van der Waals surface area contributed by atoms with Crippen LogP contribution in [0.15, 0.2) is 42.5 Å². The Hall–Kier alpha value is -2.40. The molecule has 170 valence electrons. The summed E-state index contributed by atoms with van der Waals surface area (Å²) in [7, 11) is 0. The lowest BCUT2D eigenvalue weighted by Gasteiger charge is -2.38. The van der Waals surface area contributed by atoms with Crippen LogP contribution in [0.1, 0.15) is 48.8 Å². The van der Waals surface area contributed by atoms with Crippen LogP contribution in [0.5, 0.6) is 0 Å². The maximum atomic E-state index is 13.1. The molecule has 2 aromatic carbocycles. The molecule has 0 bridgehead atoms. The number of halogens is 1. The van der Waals surface area contributed by atoms with E-state index in [9.17, 15) is 9.18 Å². The molecule has 3 aliphatic heterocycles. The van der Waals surface area contributed by atoms with Gasteiger partial charge in [0.25, 0.3) is 0 Å². The molecule has 4 nitrogen and oxygen atoms in total. The number of nitrogens with zero attached hydrogens (tertiary/aromatic N) is 3. The topological polar surface area (TPSA) is 26.8 Å². The van der Waals surface area contributed by atoms with Crippen molar-refractivity contribution < 1.29 is 9.18 Å². The van der Waals surface area contributed by atoms with Gasteiger partial charge in [0.15, 0.2) is 0 Å². The number of fused-ring (bicyclic) bond motifs is 1. The second-order valence-electron chi connectivity index (χ2n) is 9.63. The zero-order valence-electron chi connectivity index (χ0n) is 18.9. The van der Waals surface area contributed by atoms with Crippen LogP contribution in [0.3, 0.4) is 0 Å². The van der Waals surface area contributed by atoms with Crippen molar-refractivity contribution in [2.75, 3.05) is 37.6 Å². The number of piperidine rings is 2. The maximum absolute atomic E-state index is 13.1. The van der Waals surface area contributed by atoms with Gasteiger partial charge in [0, 0.05) is 57.4 Å². The average molecular weight is 436 g/mol. The predicted molar refractivity (Wildman–Crippen MR) is 126 cm³/mol. The van der Waals surface area contributed by atoms with Crippen molar-refractivity contribution in [3.8, 4) is 0 Å². The molecule has 0 aliphatic carbocycles. The van der Waals surface area contributed by atoms with E-state index in [4.69, 9.17) is 0 Å². The van der Waals surface area contributed by atoms with Gasteiger partial charge in [0.2, 0.25) is 5.91 Å². The van der Waals surface area contributed by atoms with Crippen LogP contribution < -0.4 is 4.90 Å². The van der Waals surface area contributed by atoms with E-state index in [1.165, 1.54) is 35.2 Å². The molecule has 0 spiro atoms. The van der Waals surface area contributed by atoms with Crippen molar-refractivity contribution >= 4 is 11.6 Å². The number of rotatable bonds is 6. The molecule has 5 rings (SSSR count). The Morgan fingerprint density at radius 2 is 1.66 bits per heavy atom. The maximum Gasteiger partial charge on any atom is 0.222 e. The standard InChI is InChI=1S/C27H34FN3O/c28-24-8-5-21(6-9-24)10-15-29-16-12-25(13-17-29)31-18-11-23-7-4-22(19-26(23)31)20-30-14-2-1-3-27(30)32/h4-9,19,25H,1-3,10-18,20H2. The van der Waals surface area contributed by atoms with Crippen LogP contribution in [-0.4, -0.2) is 54.5 Å². The number of anilines is 1. The lowest BCUT2D eigenvalue weighted by molar-refractivity contribution is -0.133. The summed E-state index contributed by atoms with van der Waals surface area (Å²) in [4.78, 5) is 19.4. The van der Waals surface area contributed by atoms with E-state index in [1.807, 2.05) is 17.0 Å². The minimum absolute atomic E-state index is 0.161. The average Bonchev–Trinajstić information content (AvgIpc) is 3.24. The van der Waals surface area contributed by atoms with Crippen molar-refractivity contribution in [2.24, 2.45) is 0 Å². The summed E-state index contributed by atoms with van der Waals surface area (Å²) >= 11 is 0. The van der Waals surface area contributed by atoms with Gasteiger partial charge >= 0.3 is 0 Å². The van der Waals surface area contributed by atoms with Gasteiger partial charge in [-0.3, -0.25) is 4.79 Å². The summed E-state index contributed by atoms with van der Waals surface area (Å²) in [6, 6.07) is 14.4. The SMILES string of the molecule is O=C1CCCCN1Cc1ccc2c(c1)N(C1CCN(CCc3ccc(F)cc3)CC1)CC2. The summed E-state index contributed by atoms with van der Waals surface area (Å²) in [6.07, 6.45) is 7.36. The largest absolute Gasteiger partial charge is 0.368 e. The number of amides is 1. The van der Waals surface area contributed by atoms with Crippen LogP contribution in [0, 0.1) is 5.82 Å². The Morgan fingerprint density at radius 3 is 2.44 bits per heavy atom. The molecule has 0 radical (unpaired) electrons. The van der Waals surface area contributed by atoms with E-state index in [-0.39, 0.29) is 5.82 Å². The molecular formula is C27H34FN3O. The highest BCUT2D eigenvalue weighted by molar-refractivity contribution is 5.77. The fourth-order valence-corrected chi connectivity index (χ4v) is 5.57. The van der Waals surface area contributed by atoms with E-state index >= 15 is 0 Å². The van der Waals surface area contributed by atoms with Crippen molar-refractivity contribution in [3.63, 3.8) is 0 Å². The van der Waals surface area contributed by atoms with Gasteiger partial charge in [-0.15, -0.1) is 0 Å². The molecule has 32 heavy (non-hydrogen) atoms. The molecule has 0 N–H and O–H groups in total. The van der Waals surface area contributed by atoms with Gasteiger partial charge in [-0.1, -0.05) is 24.3 Å². The van der Waals surface area contributed by atoms with Gasteiger partial charge in [-0.25, -0.2) is 4.39 Å². The first kappa shape index (κ1) is 21.4. The van der Waals surface area contributed by atoms with Gasteiger partial charge in [0.1, 0.15) is 5.82 Å². The highest BCUT2D eigenvalue weighted by Gasteiger charge is 2.29. The third-order valence-electron chi connectivity index (χ3n) is 7.50. The Balaban J connectivity index is 1.16. The first-order valence-electron chi connectivity index (χ1n) is 12.3. The molecular weight excluding hydrogens is 401 g/mol. The van der Waals surface area contributed by atoms with Crippen LogP contribution in [0.2, 0.25) is 0 Å². The smallest absolute Gasteiger partial charge is 0.222 e. The van der Waals surface area contributed by atoms with Gasteiger partial charge < -0.3 is 14.7 Å². The molecule has 3 heterocycles. The van der Waals surface area contributed by atoms with E-state index < -0.39 is 0 Å². The second-order valence-corrected chi connectivity index (χ2v) is 9.63. The number of benzene rings is 2. The molecule has 2 saturated heterocycles. The Kier molecular flexibility index (Phi) is 6.44. The monoisotopic (exact) mass is 435 g/mol. The van der Waals surface area contributed by atoms with Crippen molar-refractivity contribution in [1.82, 2.24) is 9.80 Å². The molecule has 5 heteroatoms. The summed E-state index contributed by atoms with van der Waals surface area (Å²) < 4.78 is 13.1. The number of likely N-dealkylation sites (tertiary alicyclic amines) is 2. The number of hydrogen-bond acceptors (Lipinski definition) is 3. The Morgan fingerprint density at radius 1 is 0.875 bits per heavy atom. The number of hydrogen-bond donors (Lipinski definition) is 0. The van der Waals surface area contributed by atoms with Crippen molar-refractivity contribution in [1.29, 1.82) is 0 Å². The quantitative estimate of drug-likeness (QED) is 0.673. The second kappa shape index (κ2) is 9.62. The van der Waals surface area contributed by atoms with Crippen molar-refractivity contribution in [2.45, 2.75) is 57.5 Å². The third-order valence-corrected chi connectivity index (χ3v) is 7.50. The summed E-state index contributed by atoms with van der Waals surface area (Å²) in [5.74, 6) is 0.146. The van der Waals surface area contributed by atoms with Crippen LogP contribution >= 0.6 is 0 Å². The molecule has 1 amide bonds. The van der Waals surface area contributed by atoms with Gasteiger partial charge in [0.05, 0.1) is 0 Å². The summed E-state index contributed by atoms with van der Waals surface area (Å²) in [5, 5.41) is 0. The first-order chi connectivity index (χ1) is 15.7. The van der Waals surface area contributed by atoms with Crippen LogP contribution in [0.25, 0.3) is 0 Å². The lowest BCUT2D eigenvalue weighted by atomic mass is 10.0. The first-order valence-corrected chi connectivity index (χ1v) is 12.3. The Labute approximate surface area is 191 Å². The lowest BCUT2D eigenvalue weighted by Crippen LogP contribution is -2.45. The minimum Gasteiger partial charge on any atom is -0.368 e. The van der Waals surface area contributed by atoms with Gasteiger partial charge in [-0.2, -0.15) is 0 Å². The molecule has 0 atom stereocenters. The Bertz CT molecular complexity index is 936. The molecule has 2 fully saturated rings. The van der Waals surface area contributed by atoms with Crippen molar-refractivity contribution in [3.05, 3.63) is 65.0 Å². The summed E-state index contributed by atoms with van der Waals surface area (Å²) in [6.45, 7) is 6.06. The normalized spacial score (nSPS) is 20.1. The van der Waals surface area contributed by atoms with E-state index in [0.717, 1.165) is 65.0 Å². The van der Waals surface area contributed by atoms with Crippen LogP contribution in [0.4, 0.5) is 10.1 Å². The highest BCUT2D eigenvalue weighted by atomic mass is 19.1. The molecule has 0 aromatic heterocycles. The molecule has 0 unspecified atom stereocenters.